The number of ether oxygens (including phenoxy) is 2. The van der Waals surface area contributed by atoms with E-state index in [-0.39, 0.29) is 5.54 Å². The van der Waals surface area contributed by atoms with Crippen LogP contribution in [0.2, 0.25) is 0 Å². The van der Waals surface area contributed by atoms with Crippen molar-refractivity contribution in [3.8, 4) is 22.9 Å². The monoisotopic (exact) mass is 392 g/mol. The molecular formula is C23H28N4O2. The largest absolute Gasteiger partial charge is 0.493 e. The normalized spacial score (nSPS) is 11.1. The van der Waals surface area contributed by atoms with E-state index in [9.17, 15) is 0 Å². The molecule has 0 aliphatic carbocycles. The Hall–Kier alpha value is -3.28. The van der Waals surface area contributed by atoms with Gasteiger partial charge in [-0.05, 0) is 38.5 Å². The molecule has 0 aliphatic heterocycles. The van der Waals surface area contributed by atoms with Gasteiger partial charge in [0.15, 0.2) is 17.3 Å². The van der Waals surface area contributed by atoms with Crippen LogP contribution < -0.4 is 20.1 Å². The zero-order valence-corrected chi connectivity index (χ0v) is 17.6. The summed E-state index contributed by atoms with van der Waals surface area (Å²) in [4.78, 5) is 9.40. The number of nitrogens with zero attached hydrogens (tertiary/aromatic N) is 2. The first kappa shape index (κ1) is 20.5. The third-order valence-corrected chi connectivity index (χ3v) is 4.18. The highest BCUT2D eigenvalue weighted by molar-refractivity contribution is 5.61. The van der Waals surface area contributed by atoms with Gasteiger partial charge in [0.25, 0.3) is 0 Å². The van der Waals surface area contributed by atoms with E-state index in [2.05, 4.69) is 31.4 Å². The van der Waals surface area contributed by atoms with Crippen LogP contribution >= 0.6 is 0 Å². The fourth-order valence-electron chi connectivity index (χ4n) is 2.89. The minimum atomic E-state index is -0.108. The van der Waals surface area contributed by atoms with Gasteiger partial charge in [-0.2, -0.15) is 0 Å². The van der Waals surface area contributed by atoms with Crippen molar-refractivity contribution in [2.45, 2.75) is 32.9 Å². The number of rotatable bonds is 7. The standard InChI is InChI=1S/C23H28N4O2/c1-23(2,3)27-21-14-20(25-22(26-21)17-9-7-6-8-10-17)24-15-16-11-12-18(28-4)19(13-16)29-5/h6-14H,15H2,1-5H3,(H2,24,25,26,27). The van der Waals surface area contributed by atoms with Crippen LogP contribution in [0, 0.1) is 0 Å². The number of methoxy groups -OCH3 is 2. The molecule has 3 rings (SSSR count). The van der Waals surface area contributed by atoms with Gasteiger partial charge in [0.05, 0.1) is 14.2 Å². The summed E-state index contributed by atoms with van der Waals surface area (Å²) in [6, 6.07) is 17.8. The molecule has 6 heteroatoms. The molecule has 0 atom stereocenters. The first-order valence-corrected chi connectivity index (χ1v) is 9.55. The van der Waals surface area contributed by atoms with Gasteiger partial charge < -0.3 is 20.1 Å². The Bertz CT molecular complexity index is 953. The van der Waals surface area contributed by atoms with E-state index in [1.807, 2.05) is 54.6 Å². The molecule has 0 bridgehead atoms. The topological polar surface area (TPSA) is 68.3 Å². The molecule has 0 saturated carbocycles. The van der Waals surface area contributed by atoms with Crippen molar-refractivity contribution in [1.82, 2.24) is 9.97 Å². The number of hydrogen-bond acceptors (Lipinski definition) is 6. The Kier molecular flexibility index (Phi) is 6.22. The molecular weight excluding hydrogens is 364 g/mol. The molecule has 0 spiro atoms. The fraction of sp³-hybridized carbons (Fsp3) is 0.304. The van der Waals surface area contributed by atoms with Crippen molar-refractivity contribution in [2.24, 2.45) is 0 Å². The molecule has 0 fully saturated rings. The zero-order chi connectivity index (χ0) is 20.9. The van der Waals surface area contributed by atoms with Gasteiger partial charge in [-0.3, -0.25) is 0 Å². The second-order valence-electron chi connectivity index (χ2n) is 7.75. The quantitative estimate of drug-likeness (QED) is 0.591. The highest BCUT2D eigenvalue weighted by Crippen LogP contribution is 2.28. The maximum absolute atomic E-state index is 5.39. The number of hydrogen-bond donors (Lipinski definition) is 2. The maximum Gasteiger partial charge on any atom is 0.163 e. The Morgan fingerprint density at radius 1 is 0.828 bits per heavy atom. The highest BCUT2D eigenvalue weighted by atomic mass is 16.5. The highest BCUT2D eigenvalue weighted by Gasteiger charge is 2.13. The zero-order valence-electron chi connectivity index (χ0n) is 17.6. The molecule has 2 N–H and O–H groups in total. The third kappa shape index (κ3) is 5.60. The predicted octanol–water partition coefficient (Wildman–Crippen LogP) is 4.98. The molecule has 6 nitrogen and oxygen atoms in total. The van der Waals surface area contributed by atoms with Crippen molar-refractivity contribution in [3.63, 3.8) is 0 Å². The Labute approximate surface area is 172 Å². The summed E-state index contributed by atoms with van der Waals surface area (Å²) in [7, 11) is 3.27. The van der Waals surface area contributed by atoms with Gasteiger partial charge in [-0.15, -0.1) is 0 Å². The second-order valence-corrected chi connectivity index (χ2v) is 7.75. The van der Waals surface area contributed by atoms with Crippen LogP contribution in [0.5, 0.6) is 11.5 Å². The van der Waals surface area contributed by atoms with Crippen molar-refractivity contribution in [1.29, 1.82) is 0 Å². The molecule has 152 valence electrons. The van der Waals surface area contributed by atoms with Crippen LogP contribution in [-0.2, 0) is 6.54 Å². The van der Waals surface area contributed by atoms with Crippen molar-refractivity contribution in [2.75, 3.05) is 24.9 Å². The molecule has 29 heavy (non-hydrogen) atoms. The summed E-state index contributed by atoms with van der Waals surface area (Å²) in [5.74, 6) is 3.62. The van der Waals surface area contributed by atoms with E-state index in [1.54, 1.807) is 14.2 Å². The van der Waals surface area contributed by atoms with Crippen LogP contribution in [0.4, 0.5) is 11.6 Å². The van der Waals surface area contributed by atoms with Gasteiger partial charge in [0.2, 0.25) is 0 Å². The third-order valence-electron chi connectivity index (χ3n) is 4.18. The molecule has 2 aromatic carbocycles. The van der Waals surface area contributed by atoms with Gasteiger partial charge >= 0.3 is 0 Å². The van der Waals surface area contributed by atoms with Gasteiger partial charge in [-0.1, -0.05) is 36.4 Å². The summed E-state index contributed by atoms with van der Waals surface area (Å²) in [6.45, 7) is 6.91. The van der Waals surface area contributed by atoms with Crippen LogP contribution in [0.15, 0.2) is 54.6 Å². The number of anilines is 2. The van der Waals surface area contributed by atoms with E-state index in [0.29, 0.717) is 23.9 Å². The first-order chi connectivity index (χ1) is 13.9. The van der Waals surface area contributed by atoms with Crippen LogP contribution in [0.1, 0.15) is 26.3 Å². The van der Waals surface area contributed by atoms with E-state index in [4.69, 9.17) is 19.4 Å². The summed E-state index contributed by atoms with van der Waals surface area (Å²) < 4.78 is 10.7. The lowest BCUT2D eigenvalue weighted by molar-refractivity contribution is 0.354. The van der Waals surface area contributed by atoms with Crippen LogP contribution in [0.3, 0.4) is 0 Å². The minimum absolute atomic E-state index is 0.108. The SMILES string of the molecule is COc1ccc(CNc2cc(NC(C)(C)C)nc(-c3ccccc3)n2)cc1OC. The van der Waals surface area contributed by atoms with Gasteiger partial charge in [0, 0.05) is 23.7 Å². The lowest BCUT2D eigenvalue weighted by Crippen LogP contribution is -2.27. The van der Waals surface area contributed by atoms with Crippen molar-refractivity contribution in [3.05, 3.63) is 60.2 Å². The average molecular weight is 393 g/mol. The predicted molar refractivity (Wildman–Crippen MR) is 118 cm³/mol. The number of nitrogens with one attached hydrogen (secondary N) is 2. The molecule has 1 heterocycles. The second kappa shape index (κ2) is 8.82. The van der Waals surface area contributed by atoms with Gasteiger partial charge in [-0.25, -0.2) is 9.97 Å². The van der Waals surface area contributed by atoms with E-state index in [1.165, 1.54) is 0 Å². The Balaban J connectivity index is 1.87. The number of benzene rings is 2. The van der Waals surface area contributed by atoms with Crippen molar-refractivity contribution >= 4 is 11.6 Å². The first-order valence-electron chi connectivity index (χ1n) is 9.55. The maximum atomic E-state index is 5.39. The van der Waals surface area contributed by atoms with Crippen molar-refractivity contribution < 1.29 is 9.47 Å². The number of aromatic nitrogens is 2. The fourth-order valence-corrected chi connectivity index (χ4v) is 2.89. The average Bonchev–Trinajstić information content (AvgIpc) is 2.71. The van der Waals surface area contributed by atoms with E-state index < -0.39 is 0 Å². The van der Waals surface area contributed by atoms with E-state index >= 15 is 0 Å². The molecule has 0 aliphatic rings. The summed E-state index contributed by atoms with van der Waals surface area (Å²) in [5, 5.41) is 6.83. The molecule has 0 saturated heterocycles. The molecule has 0 radical (unpaired) electrons. The smallest absolute Gasteiger partial charge is 0.163 e. The van der Waals surface area contributed by atoms with Crippen LogP contribution in [0.25, 0.3) is 11.4 Å². The Morgan fingerprint density at radius 2 is 1.52 bits per heavy atom. The lowest BCUT2D eigenvalue weighted by atomic mass is 10.1. The van der Waals surface area contributed by atoms with Gasteiger partial charge in [0.1, 0.15) is 11.6 Å². The summed E-state index contributed by atoms with van der Waals surface area (Å²) in [6.07, 6.45) is 0. The minimum Gasteiger partial charge on any atom is -0.493 e. The summed E-state index contributed by atoms with van der Waals surface area (Å²) in [5.41, 5.74) is 1.93. The Morgan fingerprint density at radius 3 is 2.17 bits per heavy atom. The van der Waals surface area contributed by atoms with E-state index in [0.717, 1.165) is 22.8 Å². The summed E-state index contributed by atoms with van der Waals surface area (Å²) >= 11 is 0. The lowest BCUT2D eigenvalue weighted by Gasteiger charge is -2.22. The molecule has 3 aromatic rings. The molecule has 1 aromatic heterocycles. The molecule has 0 amide bonds. The molecule has 0 unspecified atom stereocenters. The van der Waals surface area contributed by atoms with Crippen LogP contribution in [-0.4, -0.2) is 29.7 Å².